The number of benzene rings is 4. The average molecular weight is 823 g/mol. The van der Waals surface area contributed by atoms with Gasteiger partial charge in [0.1, 0.15) is 11.5 Å². The minimum Gasteiger partial charge on any atom is -0.423 e. The van der Waals surface area contributed by atoms with Crippen LogP contribution >= 0.6 is 0 Å². The van der Waals surface area contributed by atoms with Gasteiger partial charge >= 0.3 is 35.8 Å². The normalized spacial score (nSPS) is 21.0. The van der Waals surface area contributed by atoms with Gasteiger partial charge in [0.15, 0.2) is 0 Å². The second kappa shape index (κ2) is 15.9. The summed E-state index contributed by atoms with van der Waals surface area (Å²) in [5.74, 6) is -2.48. The molecule has 61 heavy (non-hydrogen) atoms. The molecule has 0 N–H and O–H groups in total. The number of hydrogen-bond acceptors (Lipinski definition) is 10. The lowest BCUT2D eigenvalue weighted by molar-refractivity contribution is 0.0425. The molecule has 0 saturated heterocycles. The lowest BCUT2D eigenvalue weighted by Crippen LogP contribution is -2.41. The highest BCUT2D eigenvalue weighted by atomic mass is 16.6. The van der Waals surface area contributed by atoms with E-state index in [-0.39, 0.29) is 50.6 Å². The minimum atomic E-state index is -0.777. The third-order valence-corrected chi connectivity index (χ3v) is 13.8. The van der Waals surface area contributed by atoms with Crippen molar-refractivity contribution >= 4 is 35.8 Å². The van der Waals surface area contributed by atoms with Crippen LogP contribution < -0.4 is 9.47 Å². The fraction of sp³-hybridized carbons (Fsp3) is 0.412. The first-order chi connectivity index (χ1) is 29.3. The molecule has 1 unspecified atom stereocenters. The monoisotopic (exact) mass is 822 g/mol. The molecule has 3 saturated carbocycles. The maximum atomic E-state index is 13.8. The first kappa shape index (κ1) is 40.5. The first-order valence-corrected chi connectivity index (χ1v) is 21.8. The van der Waals surface area contributed by atoms with Crippen molar-refractivity contribution in [3.05, 3.63) is 128 Å². The highest BCUT2D eigenvalue weighted by Gasteiger charge is 2.46. The van der Waals surface area contributed by atoms with Crippen molar-refractivity contribution < 1.29 is 47.7 Å². The molecular formula is C51H50O10. The van der Waals surface area contributed by atoms with E-state index in [1.165, 1.54) is 36.4 Å². The number of rotatable bonds is 8. The van der Waals surface area contributed by atoms with Crippen molar-refractivity contribution in [2.45, 2.75) is 121 Å². The van der Waals surface area contributed by atoms with Crippen LogP contribution in [0.25, 0.3) is 0 Å². The number of hydrogen-bond donors (Lipinski definition) is 0. The van der Waals surface area contributed by atoms with Crippen LogP contribution in [-0.2, 0) is 14.9 Å². The van der Waals surface area contributed by atoms with Gasteiger partial charge < -0.3 is 18.9 Å². The van der Waals surface area contributed by atoms with Crippen molar-refractivity contribution in [3.63, 3.8) is 0 Å². The summed E-state index contributed by atoms with van der Waals surface area (Å²) in [6.45, 7) is 7.01. The average Bonchev–Trinajstić information content (AvgIpc) is 3.71. The van der Waals surface area contributed by atoms with Crippen molar-refractivity contribution in [1.29, 1.82) is 0 Å². The number of cyclic esters (lactones) is 4. The van der Waals surface area contributed by atoms with Crippen LogP contribution in [-0.4, -0.2) is 35.8 Å². The highest BCUT2D eigenvalue weighted by molar-refractivity contribution is 6.16. The zero-order valence-electron chi connectivity index (χ0n) is 34.9. The predicted octanol–water partition coefficient (Wildman–Crippen LogP) is 11.0. The van der Waals surface area contributed by atoms with Crippen LogP contribution in [0.5, 0.6) is 11.5 Å². The van der Waals surface area contributed by atoms with Crippen LogP contribution in [0.15, 0.2) is 72.8 Å². The number of carbonyl (C=O) groups excluding carboxylic acids is 6. The Labute approximate surface area is 355 Å². The molecule has 3 aliphatic carbocycles. The Bertz CT molecular complexity index is 2340. The van der Waals surface area contributed by atoms with Crippen molar-refractivity contribution in [2.75, 3.05) is 0 Å². The summed E-state index contributed by atoms with van der Waals surface area (Å²) in [5, 5.41) is 0. The van der Waals surface area contributed by atoms with E-state index < -0.39 is 41.2 Å². The molecule has 0 aromatic heterocycles. The molecule has 0 amide bonds. The van der Waals surface area contributed by atoms with Crippen molar-refractivity contribution in [1.82, 2.24) is 0 Å². The van der Waals surface area contributed by atoms with Gasteiger partial charge in [-0.05, 0) is 139 Å². The Morgan fingerprint density at radius 2 is 0.967 bits per heavy atom. The molecule has 9 rings (SSSR count). The van der Waals surface area contributed by atoms with Gasteiger partial charge in [-0.15, -0.1) is 0 Å². The Morgan fingerprint density at radius 3 is 1.39 bits per heavy atom. The quantitative estimate of drug-likeness (QED) is 0.0958. The number of ether oxygens (including phenoxy) is 4. The van der Waals surface area contributed by atoms with E-state index in [2.05, 4.69) is 45.0 Å². The van der Waals surface area contributed by atoms with E-state index in [9.17, 15) is 28.8 Å². The molecule has 0 spiro atoms. The van der Waals surface area contributed by atoms with Crippen LogP contribution in [0.3, 0.4) is 0 Å². The molecule has 10 heteroatoms. The molecular weight excluding hydrogens is 773 g/mol. The Balaban J connectivity index is 1.11. The Hall–Kier alpha value is -5.90. The van der Waals surface area contributed by atoms with E-state index in [1.54, 1.807) is 0 Å². The molecule has 5 aliphatic rings. The maximum Gasteiger partial charge on any atom is 0.346 e. The van der Waals surface area contributed by atoms with Crippen LogP contribution in [0, 0.1) is 11.3 Å². The van der Waals surface area contributed by atoms with E-state index >= 15 is 0 Å². The number of carbonyl (C=O) groups is 6. The molecule has 2 aliphatic heterocycles. The van der Waals surface area contributed by atoms with E-state index in [0.717, 1.165) is 106 Å². The molecule has 0 radical (unpaired) electrons. The number of esters is 6. The standard InChI is InChI=1S/C51H50O10/c1-29-26-50(2,3)28-51(27-29,34-16-20-42(38(24-34)30-10-6-4-7-11-30)58-44(52)32-14-18-36-40(22-32)48(56)60-46(36)54)35-17-21-43(39(25-35)31-12-8-5-9-13-31)59-45(53)33-15-19-37-41(23-33)49(57)61-47(37)55/h14-25,29-31H,4-13,26-28H2,1-3H3. The summed E-state index contributed by atoms with van der Waals surface area (Å²) in [4.78, 5) is 76.3. The second-order valence-electron chi connectivity index (χ2n) is 18.8. The van der Waals surface area contributed by atoms with E-state index in [4.69, 9.17) is 18.9 Å². The van der Waals surface area contributed by atoms with Gasteiger partial charge in [0.25, 0.3) is 0 Å². The van der Waals surface area contributed by atoms with Gasteiger partial charge in [0, 0.05) is 5.41 Å². The Morgan fingerprint density at radius 1 is 0.541 bits per heavy atom. The summed E-state index contributed by atoms with van der Waals surface area (Å²) in [7, 11) is 0. The van der Waals surface area contributed by atoms with Crippen molar-refractivity contribution in [3.8, 4) is 11.5 Å². The topological polar surface area (TPSA) is 139 Å². The van der Waals surface area contributed by atoms with Crippen LogP contribution in [0.1, 0.15) is 200 Å². The smallest absolute Gasteiger partial charge is 0.346 e. The fourth-order valence-electron chi connectivity index (χ4n) is 11.3. The molecule has 3 fully saturated rings. The SMILES string of the molecule is CC1CC(C)(C)CC(c2ccc(OC(=O)c3ccc4c(c3)C(=O)OC4=O)c(C3CCCCC3)c2)(c2ccc(OC(=O)c3ccc4c(c3)C(=O)OC4=O)c(C3CCCCC3)c2)C1. The largest absolute Gasteiger partial charge is 0.423 e. The Kier molecular flexibility index (Phi) is 10.5. The second-order valence-corrected chi connectivity index (χ2v) is 18.8. The van der Waals surface area contributed by atoms with E-state index in [0.29, 0.717) is 17.4 Å². The third kappa shape index (κ3) is 7.70. The predicted molar refractivity (Wildman–Crippen MR) is 224 cm³/mol. The summed E-state index contributed by atoms with van der Waals surface area (Å²) >= 11 is 0. The van der Waals surface area contributed by atoms with Gasteiger partial charge in [0.2, 0.25) is 0 Å². The van der Waals surface area contributed by atoms with Crippen LogP contribution in [0.2, 0.25) is 0 Å². The molecule has 4 aromatic carbocycles. The molecule has 2 heterocycles. The summed E-state index contributed by atoms with van der Waals surface area (Å²) < 4.78 is 21.9. The summed E-state index contributed by atoms with van der Waals surface area (Å²) in [5.41, 5.74) is 4.58. The zero-order chi connectivity index (χ0) is 42.6. The first-order valence-electron chi connectivity index (χ1n) is 21.8. The lowest BCUT2D eigenvalue weighted by atomic mass is 9.55. The van der Waals surface area contributed by atoms with E-state index in [1.807, 2.05) is 12.1 Å². The van der Waals surface area contributed by atoms with Gasteiger partial charge in [0.05, 0.1) is 33.4 Å². The van der Waals surface area contributed by atoms with Gasteiger partial charge in [-0.1, -0.05) is 83.6 Å². The molecule has 1 atom stereocenters. The minimum absolute atomic E-state index is 0.00382. The van der Waals surface area contributed by atoms with Gasteiger partial charge in [-0.2, -0.15) is 0 Å². The summed E-state index contributed by atoms with van der Waals surface area (Å²) in [6, 6.07) is 21.2. The third-order valence-electron chi connectivity index (χ3n) is 13.8. The van der Waals surface area contributed by atoms with Gasteiger partial charge in [-0.3, -0.25) is 0 Å². The van der Waals surface area contributed by atoms with Crippen molar-refractivity contribution in [2.24, 2.45) is 11.3 Å². The zero-order valence-corrected chi connectivity index (χ0v) is 34.9. The maximum absolute atomic E-state index is 13.8. The van der Waals surface area contributed by atoms with Crippen LogP contribution in [0.4, 0.5) is 0 Å². The van der Waals surface area contributed by atoms with Gasteiger partial charge in [-0.25, -0.2) is 28.8 Å². The summed E-state index contributed by atoms with van der Waals surface area (Å²) in [6.07, 6.45) is 13.4. The molecule has 0 bridgehead atoms. The molecule has 314 valence electrons. The number of fused-ring (bicyclic) bond motifs is 2. The fourth-order valence-corrected chi connectivity index (χ4v) is 11.3. The molecule has 10 nitrogen and oxygen atoms in total. The molecule has 4 aromatic rings. The lowest BCUT2D eigenvalue weighted by Gasteiger charge is -2.49. The highest BCUT2D eigenvalue weighted by Crippen LogP contribution is 2.55.